The minimum Gasteiger partial charge on any atom is -0.468 e. The third-order valence-corrected chi connectivity index (χ3v) is 4.14. The third-order valence-electron chi connectivity index (χ3n) is 3.37. The highest BCUT2D eigenvalue weighted by Crippen LogP contribution is 2.25. The molecule has 1 aromatic heterocycles. The van der Waals surface area contributed by atoms with Crippen LogP contribution in [0.15, 0.2) is 15.5 Å². The van der Waals surface area contributed by atoms with E-state index in [4.69, 9.17) is 5.11 Å². The van der Waals surface area contributed by atoms with E-state index >= 15 is 0 Å². The molecule has 0 bridgehead atoms. The lowest BCUT2D eigenvalue weighted by molar-refractivity contribution is -0.141. The number of nitrogens with zero attached hydrogens (tertiary/aromatic N) is 2. The zero-order valence-corrected chi connectivity index (χ0v) is 13.9. The second kappa shape index (κ2) is 7.56. The van der Waals surface area contributed by atoms with Crippen molar-refractivity contribution in [3.8, 4) is 0 Å². The summed E-state index contributed by atoms with van der Waals surface area (Å²) in [6.45, 7) is 3.75. The summed E-state index contributed by atoms with van der Waals surface area (Å²) in [6.07, 6.45) is 2.78. The molecular formula is C13H20BrN3O4. The molecule has 1 unspecified atom stereocenters. The van der Waals surface area contributed by atoms with Crippen LogP contribution in [0.2, 0.25) is 0 Å². The van der Waals surface area contributed by atoms with Crippen LogP contribution < -0.4 is 10.9 Å². The van der Waals surface area contributed by atoms with Crippen LogP contribution in [-0.4, -0.2) is 40.1 Å². The lowest BCUT2D eigenvalue weighted by Gasteiger charge is -2.30. The lowest BCUT2D eigenvalue weighted by Crippen LogP contribution is -2.37. The molecule has 0 amide bonds. The van der Waals surface area contributed by atoms with Gasteiger partial charge in [0.25, 0.3) is 5.56 Å². The van der Waals surface area contributed by atoms with E-state index in [1.165, 1.54) is 13.3 Å². The van der Waals surface area contributed by atoms with Crippen LogP contribution in [0.1, 0.15) is 26.7 Å². The molecule has 8 heteroatoms. The average molecular weight is 362 g/mol. The molecule has 0 saturated carbocycles. The van der Waals surface area contributed by atoms with Crippen molar-refractivity contribution in [3.05, 3.63) is 21.0 Å². The summed E-state index contributed by atoms with van der Waals surface area (Å²) in [4.78, 5) is 23.3. The van der Waals surface area contributed by atoms with Gasteiger partial charge in [-0.3, -0.25) is 9.59 Å². The second-order valence-corrected chi connectivity index (χ2v) is 5.72. The number of anilines is 1. The van der Waals surface area contributed by atoms with Gasteiger partial charge in [-0.05, 0) is 35.7 Å². The van der Waals surface area contributed by atoms with Crippen molar-refractivity contribution in [1.29, 1.82) is 0 Å². The Morgan fingerprint density at radius 1 is 1.62 bits per heavy atom. The summed E-state index contributed by atoms with van der Waals surface area (Å²) in [5.41, 5.74) is -0.244. The summed E-state index contributed by atoms with van der Waals surface area (Å²) in [6, 6.07) is 0. The molecule has 1 heterocycles. The van der Waals surface area contributed by atoms with Crippen LogP contribution in [0.3, 0.4) is 0 Å². The Balaban J connectivity index is 3.04. The number of ether oxygens (including phenoxy) is 1. The number of hydrogen-bond acceptors (Lipinski definition) is 6. The van der Waals surface area contributed by atoms with Crippen LogP contribution >= 0.6 is 15.9 Å². The molecule has 0 aliphatic carbocycles. The predicted octanol–water partition coefficient (Wildman–Crippen LogP) is 1.14. The van der Waals surface area contributed by atoms with Crippen molar-refractivity contribution >= 4 is 27.6 Å². The molecule has 0 fully saturated rings. The highest BCUT2D eigenvalue weighted by atomic mass is 79.9. The predicted molar refractivity (Wildman–Crippen MR) is 82.2 cm³/mol. The minimum atomic E-state index is -0.545. The number of nitrogens with one attached hydrogen (secondary N) is 1. The van der Waals surface area contributed by atoms with E-state index in [9.17, 15) is 9.59 Å². The van der Waals surface area contributed by atoms with Crippen molar-refractivity contribution in [2.24, 2.45) is 0 Å². The van der Waals surface area contributed by atoms with Crippen LogP contribution in [0.5, 0.6) is 0 Å². The Kier molecular flexibility index (Phi) is 6.35. The molecule has 1 rings (SSSR count). The van der Waals surface area contributed by atoms with Gasteiger partial charge in [0.05, 0.1) is 19.0 Å². The molecule has 21 heavy (non-hydrogen) atoms. The number of aliphatic hydroxyl groups excluding tert-OH is 1. The van der Waals surface area contributed by atoms with Crippen molar-refractivity contribution in [2.45, 2.75) is 38.8 Å². The van der Waals surface area contributed by atoms with Crippen LogP contribution in [0.25, 0.3) is 0 Å². The number of carbonyl (C=O) groups excluding carboxylic acids is 1. The first-order valence-corrected chi connectivity index (χ1v) is 7.37. The molecular weight excluding hydrogens is 342 g/mol. The van der Waals surface area contributed by atoms with Crippen molar-refractivity contribution < 1.29 is 14.6 Å². The molecule has 118 valence electrons. The normalized spacial score (nSPS) is 13.6. The van der Waals surface area contributed by atoms with Gasteiger partial charge in [-0.1, -0.05) is 6.92 Å². The standard InChI is InChI=1S/C13H20BrN3O4/c1-4-13(2,5-6-18)16-9-7-15-17(8-10(19)21-3)12(20)11(9)14/h7,16,18H,4-6,8H2,1-3H3. The fourth-order valence-corrected chi connectivity index (χ4v) is 2.16. The zero-order chi connectivity index (χ0) is 16.0. The summed E-state index contributed by atoms with van der Waals surface area (Å²) in [7, 11) is 1.25. The van der Waals surface area contributed by atoms with Crippen molar-refractivity contribution in [3.63, 3.8) is 0 Å². The first-order chi connectivity index (χ1) is 9.86. The van der Waals surface area contributed by atoms with E-state index in [0.717, 1.165) is 11.1 Å². The minimum absolute atomic E-state index is 0.0434. The highest BCUT2D eigenvalue weighted by Gasteiger charge is 2.23. The second-order valence-electron chi connectivity index (χ2n) is 4.92. The van der Waals surface area contributed by atoms with E-state index < -0.39 is 11.5 Å². The molecule has 7 nitrogen and oxygen atoms in total. The zero-order valence-electron chi connectivity index (χ0n) is 12.4. The summed E-state index contributed by atoms with van der Waals surface area (Å²) in [5.74, 6) is -0.545. The third kappa shape index (κ3) is 4.53. The van der Waals surface area contributed by atoms with E-state index in [-0.39, 0.29) is 18.7 Å². The largest absolute Gasteiger partial charge is 0.468 e. The number of rotatable bonds is 7. The number of aliphatic hydroxyl groups is 1. The maximum Gasteiger partial charge on any atom is 0.327 e. The molecule has 1 aromatic rings. The molecule has 0 aliphatic rings. The molecule has 0 spiro atoms. The average Bonchev–Trinajstić information content (AvgIpc) is 2.47. The monoisotopic (exact) mass is 361 g/mol. The smallest absolute Gasteiger partial charge is 0.327 e. The number of methoxy groups -OCH3 is 1. The van der Waals surface area contributed by atoms with Gasteiger partial charge in [-0.15, -0.1) is 0 Å². The Morgan fingerprint density at radius 3 is 2.81 bits per heavy atom. The van der Waals surface area contributed by atoms with Gasteiger partial charge in [-0.25, -0.2) is 4.68 Å². The lowest BCUT2D eigenvalue weighted by atomic mass is 9.95. The van der Waals surface area contributed by atoms with Gasteiger partial charge in [0.1, 0.15) is 11.0 Å². The number of carbonyl (C=O) groups is 1. The van der Waals surface area contributed by atoms with E-state index in [0.29, 0.717) is 16.6 Å². The number of hydrogen-bond donors (Lipinski definition) is 2. The topological polar surface area (TPSA) is 93.5 Å². The van der Waals surface area contributed by atoms with Gasteiger partial charge in [0.15, 0.2) is 0 Å². The van der Waals surface area contributed by atoms with E-state index in [2.05, 4.69) is 31.1 Å². The van der Waals surface area contributed by atoms with Crippen LogP contribution in [0, 0.1) is 0 Å². The highest BCUT2D eigenvalue weighted by molar-refractivity contribution is 9.10. The van der Waals surface area contributed by atoms with Gasteiger partial charge in [0, 0.05) is 12.1 Å². The first-order valence-electron chi connectivity index (χ1n) is 6.58. The van der Waals surface area contributed by atoms with Crippen molar-refractivity contribution in [2.75, 3.05) is 19.0 Å². The molecule has 0 aliphatic heterocycles. The fraction of sp³-hybridized carbons (Fsp3) is 0.615. The quantitative estimate of drug-likeness (QED) is 0.707. The van der Waals surface area contributed by atoms with Gasteiger partial charge in [0.2, 0.25) is 0 Å². The Bertz CT molecular complexity index is 561. The number of halogens is 1. The molecule has 0 radical (unpaired) electrons. The summed E-state index contributed by atoms with van der Waals surface area (Å²) < 4.78 is 5.83. The molecule has 1 atom stereocenters. The van der Waals surface area contributed by atoms with Gasteiger partial charge in [-0.2, -0.15) is 5.10 Å². The van der Waals surface area contributed by atoms with Gasteiger partial charge < -0.3 is 15.2 Å². The summed E-state index contributed by atoms with van der Waals surface area (Å²) >= 11 is 3.23. The maximum atomic E-state index is 12.1. The Morgan fingerprint density at radius 2 is 2.29 bits per heavy atom. The molecule has 0 aromatic carbocycles. The van der Waals surface area contributed by atoms with E-state index in [1.807, 2.05) is 13.8 Å². The number of esters is 1. The molecule has 0 saturated heterocycles. The SMILES string of the molecule is CCC(C)(CCO)Nc1cnn(CC(=O)OC)c(=O)c1Br. The first kappa shape index (κ1) is 17.6. The van der Waals surface area contributed by atoms with Crippen molar-refractivity contribution in [1.82, 2.24) is 9.78 Å². The Labute approximate surface area is 131 Å². The van der Waals surface area contributed by atoms with Gasteiger partial charge >= 0.3 is 5.97 Å². The summed E-state index contributed by atoms with van der Waals surface area (Å²) in [5, 5.41) is 16.3. The number of aromatic nitrogens is 2. The molecule has 2 N–H and O–H groups in total. The van der Waals surface area contributed by atoms with E-state index in [1.54, 1.807) is 0 Å². The fourth-order valence-electron chi connectivity index (χ4n) is 1.75. The van der Waals surface area contributed by atoms with Crippen LogP contribution in [0.4, 0.5) is 5.69 Å². The maximum absolute atomic E-state index is 12.1. The van der Waals surface area contributed by atoms with Crippen LogP contribution in [-0.2, 0) is 16.1 Å². The Hall–Kier alpha value is -1.41.